The van der Waals surface area contributed by atoms with Crippen LogP contribution in [0.15, 0.2) is 0 Å². The van der Waals surface area contributed by atoms with Gasteiger partial charge < -0.3 is 24.4 Å². The van der Waals surface area contributed by atoms with Gasteiger partial charge in [-0.15, -0.1) is 0 Å². The van der Waals surface area contributed by atoms with Crippen molar-refractivity contribution in [2.75, 3.05) is 13.2 Å². The first kappa shape index (κ1) is 14.6. The molecular weight excluding hydrogens is 276 g/mol. The van der Waals surface area contributed by atoms with Crippen LogP contribution in [0.2, 0.25) is 0 Å². The molecule has 0 aromatic heterocycles. The van der Waals surface area contributed by atoms with Crippen molar-refractivity contribution in [2.45, 2.75) is 24.7 Å². The Balaban J connectivity index is 1.77. The molecule has 0 aromatic carbocycles. The van der Waals surface area contributed by atoms with Gasteiger partial charge in [0.15, 0.2) is 6.10 Å². The third-order valence-electron chi connectivity index (χ3n) is 2.93. The molecule has 110 valence electrons. The third kappa shape index (κ3) is 2.84. The highest BCUT2D eigenvalue weighted by molar-refractivity contribution is 6.09. The van der Waals surface area contributed by atoms with E-state index in [-0.39, 0.29) is 13.0 Å². The second-order valence-corrected chi connectivity index (χ2v) is 4.46. The number of ether oxygens (including phenoxy) is 3. The van der Waals surface area contributed by atoms with Crippen molar-refractivity contribution in [3.05, 3.63) is 0 Å². The molecule has 0 amide bonds. The molecule has 9 heteroatoms. The number of rotatable bonds is 5. The minimum absolute atomic E-state index is 0.106. The summed E-state index contributed by atoms with van der Waals surface area (Å²) < 4.78 is 13.8. The number of aliphatic hydroxyl groups excluding tert-OH is 2. The van der Waals surface area contributed by atoms with Gasteiger partial charge in [0, 0.05) is 0 Å². The van der Waals surface area contributed by atoms with E-state index in [2.05, 4.69) is 9.47 Å². The number of Topliss-reactive ketones (excluding diaryl/α,β-unsaturated/α-hetero) is 1. The average Bonchev–Trinajstić information content (AvgIpc) is 2.83. The van der Waals surface area contributed by atoms with Gasteiger partial charge in [-0.25, -0.2) is 4.79 Å². The standard InChI is InChI=1S/C11H12O9/c12-5(9-7(14)8(15)11(17)20-9)3-18-2-4-1-6(13)19-10(4)16/h4-5,8-9,12,15H,1-3H2. The molecule has 2 heterocycles. The molecule has 20 heavy (non-hydrogen) atoms. The Morgan fingerprint density at radius 3 is 2.45 bits per heavy atom. The summed E-state index contributed by atoms with van der Waals surface area (Å²) in [6, 6.07) is 0. The zero-order chi connectivity index (χ0) is 14.9. The fraction of sp³-hybridized carbons (Fsp3) is 0.636. The number of ketones is 1. The lowest BCUT2D eigenvalue weighted by Crippen LogP contribution is -2.38. The van der Waals surface area contributed by atoms with Gasteiger partial charge in [-0.2, -0.15) is 0 Å². The first-order valence-electron chi connectivity index (χ1n) is 5.82. The summed E-state index contributed by atoms with van der Waals surface area (Å²) in [4.78, 5) is 44.2. The van der Waals surface area contributed by atoms with Gasteiger partial charge in [-0.05, 0) is 0 Å². The second-order valence-electron chi connectivity index (χ2n) is 4.46. The van der Waals surface area contributed by atoms with Gasteiger partial charge in [0.2, 0.25) is 11.9 Å². The monoisotopic (exact) mass is 288 g/mol. The minimum Gasteiger partial charge on any atom is -0.449 e. The van der Waals surface area contributed by atoms with E-state index in [0.29, 0.717) is 0 Å². The van der Waals surface area contributed by atoms with Crippen molar-refractivity contribution >= 4 is 23.7 Å². The first-order chi connectivity index (χ1) is 9.40. The van der Waals surface area contributed by atoms with Crippen LogP contribution in [0.5, 0.6) is 0 Å². The van der Waals surface area contributed by atoms with Crippen LogP contribution in [-0.2, 0) is 33.4 Å². The third-order valence-corrected chi connectivity index (χ3v) is 2.93. The molecule has 9 nitrogen and oxygen atoms in total. The number of hydrogen-bond donors (Lipinski definition) is 2. The molecule has 0 bridgehead atoms. The first-order valence-corrected chi connectivity index (χ1v) is 5.82. The molecule has 2 aliphatic rings. The van der Waals surface area contributed by atoms with Crippen LogP contribution < -0.4 is 0 Å². The molecular formula is C11H12O9. The Kier molecular flexibility index (Phi) is 4.12. The SMILES string of the molecule is O=C1CC(COCC(O)C2OC(=O)C(O)C2=O)C(=O)O1. The maximum Gasteiger partial charge on any atom is 0.343 e. The van der Waals surface area contributed by atoms with Crippen LogP contribution in [0.3, 0.4) is 0 Å². The summed E-state index contributed by atoms with van der Waals surface area (Å²) in [7, 11) is 0. The van der Waals surface area contributed by atoms with E-state index in [1.165, 1.54) is 0 Å². The lowest BCUT2D eigenvalue weighted by atomic mass is 10.1. The van der Waals surface area contributed by atoms with Gasteiger partial charge in [0.05, 0.1) is 25.6 Å². The fourth-order valence-corrected chi connectivity index (χ4v) is 1.85. The lowest BCUT2D eigenvalue weighted by Gasteiger charge is -2.16. The normalized spacial score (nSPS) is 31.4. The molecule has 0 radical (unpaired) electrons. The molecule has 4 atom stereocenters. The van der Waals surface area contributed by atoms with E-state index in [4.69, 9.17) is 9.84 Å². The molecule has 0 aliphatic carbocycles. The second kappa shape index (κ2) is 5.65. The summed E-state index contributed by atoms with van der Waals surface area (Å²) in [5, 5.41) is 18.7. The Hall–Kier alpha value is -1.84. The van der Waals surface area contributed by atoms with Crippen molar-refractivity contribution in [3.63, 3.8) is 0 Å². The van der Waals surface area contributed by atoms with E-state index >= 15 is 0 Å². The van der Waals surface area contributed by atoms with E-state index in [9.17, 15) is 24.3 Å². The van der Waals surface area contributed by atoms with Crippen LogP contribution in [0, 0.1) is 5.92 Å². The predicted molar refractivity (Wildman–Crippen MR) is 56.9 cm³/mol. The quantitative estimate of drug-likeness (QED) is 0.409. The molecule has 2 aliphatic heterocycles. The van der Waals surface area contributed by atoms with E-state index in [0.717, 1.165) is 0 Å². The maximum atomic E-state index is 11.3. The number of aliphatic hydroxyl groups is 2. The lowest BCUT2D eigenvalue weighted by molar-refractivity contribution is -0.154. The summed E-state index contributed by atoms with van der Waals surface area (Å²) in [6.07, 6.45) is -4.95. The van der Waals surface area contributed by atoms with E-state index < -0.39 is 54.5 Å². The molecule has 2 fully saturated rings. The Labute approximate surface area is 112 Å². The summed E-state index contributed by atoms with van der Waals surface area (Å²) in [5.74, 6) is -4.16. The van der Waals surface area contributed by atoms with Crippen molar-refractivity contribution in [3.8, 4) is 0 Å². The number of cyclic esters (lactones) is 3. The predicted octanol–water partition coefficient (Wildman–Crippen LogP) is -2.69. The molecule has 2 rings (SSSR count). The summed E-state index contributed by atoms with van der Waals surface area (Å²) in [5.41, 5.74) is 0. The van der Waals surface area contributed by atoms with Crippen molar-refractivity contribution < 1.29 is 43.6 Å². The smallest absolute Gasteiger partial charge is 0.343 e. The highest BCUT2D eigenvalue weighted by atomic mass is 16.6. The molecule has 2 saturated heterocycles. The highest BCUT2D eigenvalue weighted by Crippen LogP contribution is 2.18. The largest absolute Gasteiger partial charge is 0.449 e. The zero-order valence-electron chi connectivity index (χ0n) is 10.2. The molecule has 4 unspecified atom stereocenters. The number of hydrogen-bond acceptors (Lipinski definition) is 9. The summed E-state index contributed by atoms with van der Waals surface area (Å²) in [6.45, 7) is -0.562. The average molecular weight is 288 g/mol. The van der Waals surface area contributed by atoms with Gasteiger partial charge in [0.1, 0.15) is 6.10 Å². The van der Waals surface area contributed by atoms with Crippen molar-refractivity contribution in [1.82, 2.24) is 0 Å². The number of carbonyl (C=O) groups is 4. The van der Waals surface area contributed by atoms with E-state index in [1.54, 1.807) is 0 Å². The van der Waals surface area contributed by atoms with Crippen molar-refractivity contribution in [1.29, 1.82) is 0 Å². The van der Waals surface area contributed by atoms with Gasteiger partial charge in [-0.3, -0.25) is 14.4 Å². The van der Waals surface area contributed by atoms with Gasteiger partial charge in [0.25, 0.3) is 0 Å². The van der Waals surface area contributed by atoms with Crippen molar-refractivity contribution in [2.24, 2.45) is 5.92 Å². The van der Waals surface area contributed by atoms with Gasteiger partial charge >= 0.3 is 17.9 Å². The Morgan fingerprint density at radius 2 is 1.95 bits per heavy atom. The van der Waals surface area contributed by atoms with Crippen LogP contribution in [-0.4, -0.2) is 65.4 Å². The number of esters is 3. The Morgan fingerprint density at radius 1 is 1.25 bits per heavy atom. The molecule has 2 N–H and O–H groups in total. The fourth-order valence-electron chi connectivity index (χ4n) is 1.85. The summed E-state index contributed by atoms with van der Waals surface area (Å²) >= 11 is 0. The minimum atomic E-state index is -1.89. The topological polar surface area (TPSA) is 136 Å². The molecule has 0 aromatic rings. The Bertz CT molecular complexity index is 457. The molecule has 0 spiro atoms. The van der Waals surface area contributed by atoms with Crippen LogP contribution in [0.4, 0.5) is 0 Å². The zero-order valence-corrected chi connectivity index (χ0v) is 10.2. The maximum absolute atomic E-state index is 11.3. The highest BCUT2D eigenvalue weighted by Gasteiger charge is 2.46. The van der Waals surface area contributed by atoms with Crippen LogP contribution in [0.1, 0.15) is 6.42 Å². The molecule has 0 saturated carbocycles. The van der Waals surface area contributed by atoms with Crippen LogP contribution in [0.25, 0.3) is 0 Å². The van der Waals surface area contributed by atoms with Crippen LogP contribution >= 0.6 is 0 Å². The van der Waals surface area contributed by atoms with E-state index in [1.807, 2.05) is 0 Å². The van der Waals surface area contributed by atoms with Gasteiger partial charge in [-0.1, -0.05) is 0 Å². The number of carbonyl (C=O) groups excluding carboxylic acids is 4.